The van der Waals surface area contributed by atoms with Crippen LogP contribution in [0.2, 0.25) is 0 Å². The van der Waals surface area contributed by atoms with Crippen molar-refractivity contribution >= 4 is 18.3 Å². The van der Waals surface area contributed by atoms with Gasteiger partial charge >= 0.3 is 0 Å². The van der Waals surface area contributed by atoms with Gasteiger partial charge in [0.25, 0.3) is 0 Å². The van der Waals surface area contributed by atoms with Crippen molar-refractivity contribution in [3.05, 3.63) is 35.9 Å². The van der Waals surface area contributed by atoms with Gasteiger partial charge in [0.15, 0.2) is 0 Å². The molecule has 3 N–H and O–H groups in total. The molecular formula is C18H27ClN4O. The molecule has 5 unspecified atom stereocenters. The molecule has 3 aliphatic rings. The van der Waals surface area contributed by atoms with Crippen molar-refractivity contribution in [2.75, 3.05) is 19.6 Å². The molecule has 3 fully saturated rings. The Bertz CT molecular complexity index is 569. The Balaban J connectivity index is 0.00000169. The number of benzene rings is 1. The molecule has 0 bridgehead atoms. The fourth-order valence-corrected chi connectivity index (χ4v) is 4.54. The lowest BCUT2D eigenvalue weighted by Crippen LogP contribution is -2.51. The van der Waals surface area contributed by atoms with Crippen molar-refractivity contribution < 1.29 is 4.79 Å². The van der Waals surface area contributed by atoms with Crippen LogP contribution >= 0.6 is 12.4 Å². The molecule has 0 aliphatic carbocycles. The molecule has 0 aromatic heterocycles. The van der Waals surface area contributed by atoms with Gasteiger partial charge in [-0.2, -0.15) is 0 Å². The lowest BCUT2D eigenvalue weighted by atomic mass is 9.88. The maximum absolute atomic E-state index is 13.1. The zero-order chi connectivity index (χ0) is 15.8. The Morgan fingerprint density at radius 2 is 1.96 bits per heavy atom. The van der Waals surface area contributed by atoms with Crippen molar-refractivity contribution in [2.45, 2.75) is 43.8 Å². The summed E-state index contributed by atoms with van der Waals surface area (Å²) in [7, 11) is 0. The predicted molar refractivity (Wildman–Crippen MR) is 97.0 cm³/mol. The van der Waals surface area contributed by atoms with Gasteiger partial charge in [-0.25, -0.2) is 5.43 Å². The number of fused-ring (bicyclic) bond motifs is 1. The van der Waals surface area contributed by atoms with E-state index in [-0.39, 0.29) is 30.4 Å². The smallest absolute Gasteiger partial charge is 0.241 e. The molecule has 0 radical (unpaired) electrons. The molecule has 1 aromatic rings. The minimum atomic E-state index is -0.0928. The van der Waals surface area contributed by atoms with Gasteiger partial charge in [-0.3, -0.25) is 10.2 Å². The Morgan fingerprint density at radius 1 is 1.17 bits per heavy atom. The summed E-state index contributed by atoms with van der Waals surface area (Å²) in [5.41, 5.74) is 7.95. The molecule has 5 nitrogen and oxygen atoms in total. The van der Waals surface area contributed by atoms with Crippen LogP contribution in [0.15, 0.2) is 30.3 Å². The second-order valence-electron chi connectivity index (χ2n) is 7.11. The number of nitrogens with one attached hydrogen (secondary N) is 3. The van der Waals surface area contributed by atoms with Gasteiger partial charge in [-0.1, -0.05) is 30.3 Å². The van der Waals surface area contributed by atoms with Crippen molar-refractivity contribution in [3.63, 3.8) is 0 Å². The molecule has 4 rings (SSSR count). The fraction of sp³-hybridized carbons (Fsp3) is 0.611. The Labute approximate surface area is 149 Å². The van der Waals surface area contributed by atoms with E-state index in [4.69, 9.17) is 0 Å². The summed E-state index contributed by atoms with van der Waals surface area (Å²) in [5.74, 6) is 1.08. The Kier molecular flexibility index (Phi) is 5.45. The number of nitrogens with zero attached hydrogens (tertiary/aromatic N) is 1. The standard InChI is InChI=1S/C18H26N4O.ClH/c1-12-14(13-5-3-2-4-6-13)8-10-22(12)18(23)17-15-11-19-9-7-16(15)20-21-17;/h2-6,12,14-17,19-21H,7-11H2,1H3;1H. The molecule has 1 aromatic carbocycles. The second kappa shape index (κ2) is 7.40. The zero-order valence-electron chi connectivity index (χ0n) is 14.1. The first kappa shape index (κ1) is 17.7. The first-order valence-electron chi connectivity index (χ1n) is 8.83. The number of hydrogen-bond donors (Lipinski definition) is 3. The van der Waals surface area contributed by atoms with Crippen LogP contribution < -0.4 is 16.2 Å². The van der Waals surface area contributed by atoms with Gasteiger partial charge in [0, 0.05) is 37.0 Å². The van der Waals surface area contributed by atoms with Gasteiger partial charge < -0.3 is 10.2 Å². The SMILES string of the molecule is CC1C(c2ccccc2)CCN1C(=O)C1NNC2CCNCC21.Cl. The molecule has 24 heavy (non-hydrogen) atoms. The quantitative estimate of drug-likeness (QED) is 0.752. The highest BCUT2D eigenvalue weighted by molar-refractivity contribution is 5.85. The summed E-state index contributed by atoms with van der Waals surface area (Å²) >= 11 is 0. The Morgan fingerprint density at radius 3 is 2.75 bits per heavy atom. The first-order chi connectivity index (χ1) is 11.3. The van der Waals surface area contributed by atoms with Crippen LogP contribution in [0.3, 0.4) is 0 Å². The highest BCUT2D eigenvalue weighted by atomic mass is 35.5. The van der Waals surface area contributed by atoms with Crippen LogP contribution in [-0.4, -0.2) is 48.6 Å². The highest BCUT2D eigenvalue weighted by Gasteiger charge is 2.45. The summed E-state index contributed by atoms with van der Waals surface area (Å²) in [5, 5.41) is 3.43. The molecular weight excluding hydrogens is 324 g/mol. The first-order valence-corrected chi connectivity index (χ1v) is 8.83. The average Bonchev–Trinajstić information content (AvgIpc) is 3.19. The van der Waals surface area contributed by atoms with Crippen LogP contribution in [0.25, 0.3) is 0 Å². The molecule has 0 spiro atoms. The number of carbonyl (C=O) groups is 1. The van der Waals surface area contributed by atoms with E-state index >= 15 is 0 Å². The lowest BCUT2D eigenvalue weighted by Gasteiger charge is -2.32. The molecule has 132 valence electrons. The van der Waals surface area contributed by atoms with Crippen molar-refractivity contribution in [2.24, 2.45) is 5.92 Å². The lowest BCUT2D eigenvalue weighted by molar-refractivity contribution is -0.134. The number of halogens is 1. The molecule has 6 heteroatoms. The number of hydrogen-bond acceptors (Lipinski definition) is 4. The maximum atomic E-state index is 13.1. The molecule has 3 saturated heterocycles. The fourth-order valence-electron chi connectivity index (χ4n) is 4.54. The summed E-state index contributed by atoms with van der Waals surface area (Å²) in [6, 6.07) is 11.2. The van der Waals surface area contributed by atoms with Gasteiger partial charge in [0.2, 0.25) is 5.91 Å². The van der Waals surface area contributed by atoms with Crippen LogP contribution in [-0.2, 0) is 4.79 Å². The van der Waals surface area contributed by atoms with E-state index in [1.807, 2.05) is 0 Å². The monoisotopic (exact) mass is 350 g/mol. The third-order valence-corrected chi connectivity index (χ3v) is 5.91. The number of likely N-dealkylation sites (tertiary alicyclic amines) is 1. The summed E-state index contributed by atoms with van der Waals surface area (Å²) in [4.78, 5) is 15.2. The highest BCUT2D eigenvalue weighted by Crippen LogP contribution is 2.34. The summed E-state index contributed by atoms with van der Waals surface area (Å²) in [6.07, 6.45) is 2.15. The molecule has 3 heterocycles. The van der Waals surface area contributed by atoms with Gasteiger partial charge in [-0.15, -0.1) is 12.4 Å². The van der Waals surface area contributed by atoms with Crippen LogP contribution in [0.4, 0.5) is 0 Å². The minimum absolute atomic E-state index is 0. The van der Waals surface area contributed by atoms with E-state index < -0.39 is 0 Å². The van der Waals surface area contributed by atoms with E-state index in [0.29, 0.717) is 17.9 Å². The second-order valence-corrected chi connectivity index (χ2v) is 7.11. The predicted octanol–water partition coefficient (Wildman–Crippen LogP) is 1.27. The number of carbonyl (C=O) groups excluding carboxylic acids is 1. The topological polar surface area (TPSA) is 56.4 Å². The average molecular weight is 351 g/mol. The normalized spacial score (nSPS) is 35.4. The summed E-state index contributed by atoms with van der Waals surface area (Å²) < 4.78 is 0. The minimum Gasteiger partial charge on any atom is -0.338 e. The van der Waals surface area contributed by atoms with Crippen LogP contribution in [0, 0.1) is 5.92 Å². The van der Waals surface area contributed by atoms with Crippen molar-refractivity contribution in [1.82, 2.24) is 21.1 Å². The van der Waals surface area contributed by atoms with Gasteiger partial charge in [0.1, 0.15) is 6.04 Å². The molecule has 3 aliphatic heterocycles. The molecule has 1 amide bonds. The number of amides is 1. The molecule has 0 saturated carbocycles. The third-order valence-electron chi connectivity index (χ3n) is 5.91. The van der Waals surface area contributed by atoms with Gasteiger partial charge in [-0.05, 0) is 31.9 Å². The zero-order valence-corrected chi connectivity index (χ0v) is 14.9. The number of hydrazine groups is 1. The number of rotatable bonds is 2. The third kappa shape index (κ3) is 3.06. The molecule has 5 atom stereocenters. The van der Waals surface area contributed by atoms with E-state index in [1.165, 1.54) is 5.56 Å². The Hall–Kier alpha value is -1.14. The van der Waals surface area contributed by atoms with E-state index in [9.17, 15) is 4.79 Å². The van der Waals surface area contributed by atoms with Gasteiger partial charge in [0.05, 0.1) is 0 Å². The summed E-state index contributed by atoms with van der Waals surface area (Å²) in [6.45, 7) is 5.02. The van der Waals surface area contributed by atoms with Crippen LogP contribution in [0.5, 0.6) is 0 Å². The van der Waals surface area contributed by atoms with E-state index in [1.54, 1.807) is 0 Å². The van der Waals surface area contributed by atoms with Crippen molar-refractivity contribution in [3.8, 4) is 0 Å². The number of piperidine rings is 1. The maximum Gasteiger partial charge on any atom is 0.241 e. The van der Waals surface area contributed by atoms with E-state index in [0.717, 1.165) is 32.5 Å². The van der Waals surface area contributed by atoms with Crippen LogP contribution in [0.1, 0.15) is 31.2 Å². The van der Waals surface area contributed by atoms with Crippen molar-refractivity contribution in [1.29, 1.82) is 0 Å². The largest absolute Gasteiger partial charge is 0.338 e. The van der Waals surface area contributed by atoms with E-state index in [2.05, 4.69) is 58.3 Å².